The summed E-state index contributed by atoms with van der Waals surface area (Å²) in [4.78, 5) is 41.0. The van der Waals surface area contributed by atoms with E-state index in [4.69, 9.17) is 4.74 Å². The molecule has 6 heteroatoms. The number of carbonyl (C=O) groups is 3. The van der Waals surface area contributed by atoms with Crippen molar-refractivity contribution in [1.29, 1.82) is 0 Å². The number of hydrogen-bond donors (Lipinski definition) is 0. The average Bonchev–Trinajstić information content (AvgIpc) is 3.05. The molecule has 150 valence electrons. The molecular weight excluding hydrogens is 368 g/mol. The SMILES string of the molecule is CC1Oc2ccc(C(=O)CCC(=O)N3c4ccccc4CC3C)cc2N(C)C1=O. The van der Waals surface area contributed by atoms with E-state index in [1.165, 1.54) is 4.90 Å². The number of rotatable bonds is 4. The monoisotopic (exact) mass is 392 g/mol. The molecule has 2 atom stereocenters. The Morgan fingerprint density at radius 3 is 2.62 bits per heavy atom. The molecule has 0 radical (unpaired) electrons. The van der Waals surface area contributed by atoms with Gasteiger partial charge in [0.2, 0.25) is 5.91 Å². The van der Waals surface area contributed by atoms with Gasteiger partial charge in [-0.15, -0.1) is 0 Å². The third-order valence-corrected chi connectivity index (χ3v) is 5.67. The van der Waals surface area contributed by atoms with E-state index < -0.39 is 6.10 Å². The van der Waals surface area contributed by atoms with Crippen LogP contribution in [0.5, 0.6) is 5.75 Å². The second-order valence-corrected chi connectivity index (χ2v) is 7.71. The minimum absolute atomic E-state index is 0.0433. The van der Waals surface area contributed by atoms with Crippen molar-refractivity contribution in [2.75, 3.05) is 16.8 Å². The Morgan fingerprint density at radius 2 is 1.83 bits per heavy atom. The van der Waals surface area contributed by atoms with Gasteiger partial charge in [-0.3, -0.25) is 14.4 Å². The number of para-hydroxylation sites is 1. The molecule has 4 rings (SSSR count). The van der Waals surface area contributed by atoms with E-state index in [2.05, 4.69) is 0 Å². The normalized spacial score (nSPS) is 20.2. The lowest BCUT2D eigenvalue weighted by Crippen LogP contribution is -2.42. The summed E-state index contributed by atoms with van der Waals surface area (Å²) in [5, 5.41) is 0. The van der Waals surface area contributed by atoms with Crippen molar-refractivity contribution in [3.05, 3.63) is 53.6 Å². The molecule has 2 heterocycles. The summed E-state index contributed by atoms with van der Waals surface area (Å²) in [5.74, 6) is 0.257. The van der Waals surface area contributed by atoms with Gasteiger partial charge in [-0.05, 0) is 50.1 Å². The molecule has 2 aliphatic heterocycles. The van der Waals surface area contributed by atoms with E-state index in [0.29, 0.717) is 17.0 Å². The van der Waals surface area contributed by atoms with Gasteiger partial charge in [0.25, 0.3) is 5.91 Å². The van der Waals surface area contributed by atoms with Crippen LogP contribution in [0.3, 0.4) is 0 Å². The summed E-state index contributed by atoms with van der Waals surface area (Å²) in [5.41, 5.74) is 3.16. The van der Waals surface area contributed by atoms with Gasteiger partial charge in [0, 0.05) is 37.2 Å². The number of likely N-dealkylation sites (N-methyl/N-ethyl adjacent to an activating group) is 1. The number of hydrogen-bond acceptors (Lipinski definition) is 4. The first-order valence-electron chi connectivity index (χ1n) is 9.88. The molecule has 0 aromatic heterocycles. The maximum absolute atomic E-state index is 12.8. The maximum atomic E-state index is 12.8. The van der Waals surface area contributed by atoms with Gasteiger partial charge in [0.15, 0.2) is 11.9 Å². The third-order valence-electron chi connectivity index (χ3n) is 5.67. The summed E-state index contributed by atoms with van der Waals surface area (Å²) in [7, 11) is 1.67. The zero-order valence-corrected chi connectivity index (χ0v) is 16.8. The van der Waals surface area contributed by atoms with Crippen molar-refractivity contribution in [3.8, 4) is 5.75 Å². The molecule has 2 amide bonds. The molecule has 0 saturated heterocycles. The predicted octanol–water partition coefficient (Wildman–Crippen LogP) is 3.37. The Kier molecular flexibility index (Phi) is 4.86. The summed E-state index contributed by atoms with van der Waals surface area (Å²) < 4.78 is 5.60. The van der Waals surface area contributed by atoms with Crippen LogP contribution in [0, 0.1) is 0 Å². The number of fused-ring (bicyclic) bond motifs is 2. The maximum Gasteiger partial charge on any atom is 0.267 e. The Labute approximate surface area is 170 Å². The van der Waals surface area contributed by atoms with E-state index in [1.807, 2.05) is 31.2 Å². The zero-order chi connectivity index (χ0) is 20.7. The fraction of sp³-hybridized carbons (Fsp3) is 0.348. The first kappa shape index (κ1) is 19.2. The van der Waals surface area contributed by atoms with Crippen LogP contribution in [0.2, 0.25) is 0 Å². The highest BCUT2D eigenvalue weighted by Crippen LogP contribution is 2.35. The van der Waals surface area contributed by atoms with E-state index in [0.717, 1.165) is 17.7 Å². The topological polar surface area (TPSA) is 66.9 Å². The molecule has 29 heavy (non-hydrogen) atoms. The van der Waals surface area contributed by atoms with Crippen LogP contribution in [-0.2, 0) is 16.0 Å². The molecule has 0 N–H and O–H groups in total. The van der Waals surface area contributed by atoms with Crippen molar-refractivity contribution >= 4 is 29.0 Å². The van der Waals surface area contributed by atoms with Gasteiger partial charge in [0.05, 0.1) is 5.69 Å². The van der Waals surface area contributed by atoms with E-state index in [-0.39, 0.29) is 36.5 Å². The molecule has 0 saturated carbocycles. The van der Waals surface area contributed by atoms with Gasteiger partial charge in [-0.2, -0.15) is 0 Å². The highest BCUT2D eigenvalue weighted by atomic mass is 16.5. The minimum atomic E-state index is -0.544. The van der Waals surface area contributed by atoms with Crippen LogP contribution in [-0.4, -0.2) is 36.8 Å². The molecule has 2 aromatic rings. The smallest absolute Gasteiger partial charge is 0.267 e. The van der Waals surface area contributed by atoms with Crippen LogP contribution < -0.4 is 14.5 Å². The molecule has 2 aliphatic rings. The number of ketones is 1. The molecule has 0 fully saturated rings. The number of anilines is 2. The number of benzene rings is 2. The fourth-order valence-corrected chi connectivity index (χ4v) is 4.12. The van der Waals surface area contributed by atoms with E-state index in [9.17, 15) is 14.4 Å². The van der Waals surface area contributed by atoms with Crippen LogP contribution in [0.1, 0.15) is 42.6 Å². The first-order chi connectivity index (χ1) is 13.9. The standard InChI is InChI=1S/C23H24N2O4/c1-14-12-16-6-4-5-7-18(16)25(14)22(27)11-9-20(26)17-8-10-21-19(13-17)24(3)23(28)15(2)29-21/h4-8,10,13-15H,9,11-12H2,1-3H3. The summed E-state index contributed by atoms with van der Waals surface area (Å²) in [6.07, 6.45) is 0.561. The first-order valence-corrected chi connectivity index (χ1v) is 9.88. The quantitative estimate of drug-likeness (QED) is 0.749. The third kappa shape index (κ3) is 3.39. The van der Waals surface area contributed by atoms with Crippen molar-refractivity contribution in [2.45, 2.75) is 45.3 Å². The lowest BCUT2D eigenvalue weighted by molar-refractivity contribution is -0.125. The van der Waals surface area contributed by atoms with Gasteiger partial charge in [-0.1, -0.05) is 18.2 Å². The fourth-order valence-electron chi connectivity index (χ4n) is 4.12. The van der Waals surface area contributed by atoms with Crippen molar-refractivity contribution in [2.24, 2.45) is 0 Å². The van der Waals surface area contributed by atoms with Gasteiger partial charge >= 0.3 is 0 Å². The Bertz CT molecular complexity index is 1000. The van der Waals surface area contributed by atoms with Crippen LogP contribution >= 0.6 is 0 Å². The number of amides is 2. The Hall–Kier alpha value is -3.15. The lowest BCUT2D eigenvalue weighted by atomic mass is 10.0. The molecular formula is C23H24N2O4. The zero-order valence-electron chi connectivity index (χ0n) is 16.8. The van der Waals surface area contributed by atoms with Crippen LogP contribution in [0.25, 0.3) is 0 Å². The van der Waals surface area contributed by atoms with Crippen LogP contribution in [0.4, 0.5) is 11.4 Å². The minimum Gasteiger partial charge on any atom is -0.479 e. The van der Waals surface area contributed by atoms with E-state index in [1.54, 1.807) is 37.1 Å². The number of ether oxygens (including phenoxy) is 1. The van der Waals surface area contributed by atoms with Crippen molar-refractivity contribution < 1.29 is 19.1 Å². The second kappa shape index (κ2) is 7.35. The van der Waals surface area contributed by atoms with Crippen molar-refractivity contribution in [1.82, 2.24) is 0 Å². The molecule has 0 spiro atoms. The summed E-state index contributed by atoms with van der Waals surface area (Å²) in [6.45, 7) is 3.72. The average molecular weight is 392 g/mol. The lowest BCUT2D eigenvalue weighted by Gasteiger charge is -2.30. The van der Waals surface area contributed by atoms with Crippen molar-refractivity contribution in [3.63, 3.8) is 0 Å². The number of Topliss-reactive ketones (excluding diaryl/α,β-unsaturated/α-hetero) is 1. The molecule has 6 nitrogen and oxygen atoms in total. The highest BCUT2D eigenvalue weighted by Gasteiger charge is 2.31. The second-order valence-electron chi connectivity index (χ2n) is 7.71. The van der Waals surface area contributed by atoms with Gasteiger partial charge in [-0.25, -0.2) is 0 Å². The molecule has 0 aliphatic carbocycles. The molecule has 0 bridgehead atoms. The molecule has 2 aromatic carbocycles. The molecule has 2 unspecified atom stereocenters. The largest absolute Gasteiger partial charge is 0.479 e. The Morgan fingerprint density at radius 1 is 1.07 bits per heavy atom. The predicted molar refractivity (Wildman–Crippen MR) is 111 cm³/mol. The summed E-state index contributed by atoms with van der Waals surface area (Å²) >= 11 is 0. The number of nitrogens with zero attached hydrogens (tertiary/aromatic N) is 2. The Balaban J connectivity index is 1.46. The number of carbonyl (C=O) groups excluding carboxylic acids is 3. The highest BCUT2D eigenvalue weighted by molar-refractivity contribution is 6.04. The van der Waals surface area contributed by atoms with Gasteiger partial charge in [0.1, 0.15) is 5.75 Å². The van der Waals surface area contributed by atoms with Crippen LogP contribution in [0.15, 0.2) is 42.5 Å². The van der Waals surface area contributed by atoms with Gasteiger partial charge < -0.3 is 14.5 Å². The summed E-state index contributed by atoms with van der Waals surface area (Å²) in [6, 6.07) is 13.1. The van der Waals surface area contributed by atoms with E-state index >= 15 is 0 Å².